The molecule has 0 N–H and O–H groups in total. The van der Waals surface area contributed by atoms with Crippen LogP contribution in [0, 0.1) is 16.7 Å². The van der Waals surface area contributed by atoms with E-state index in [9.17, 15) is 0 Å². The monoisotopic (exact) mass is 194 g/mol. The molecule has 2 rings (SSSR count). The molecule has 3 heteroatoms. The van der Waals surface area contributed by atoms with E-state index in [2.05, 4.69) is 17.9 Å². The standard InChI is InChI=1S/C11H18N2O/c1-10(2-5-12)13-8-11(9-13)3-6-14-7-4-11/h10H,2-4,6-9H2,1H3. The van der Waals surface area contributed by atoms with Crippen molar-refractivity contribution in [3.8, 4) is 6.07 Å². The third kappa shape index (κ3) is 1.77. The van der Waals surface area contributed by atoms with E-state index >= 15 is 0 Å². The van der Waals surface area contributed by atoms with Gasteiger partial charge in [-0.05, 0) is 19.8 Å². The minimum absolute atomic E-state index is 0.438. The number of nitrogens with zero attached hydrogens (tertiary/aromatic N) is 2. The van der Waals surface area contributed by atoms with Crippen molar-refractivity contribution in [1.82, 2.24) is 4.90 Å². The van der Waals surface area contributed by atoms with Crippen LogP contribution in [0.3, 0.4) is 0 Å². The lowest BCUT2D eigenvalue weighted by atomic mass is 9.73. The summed E-state index contributed by atoms with van der Waals surface area (Å²) in [5.41, 5.74) is 0.544. The highest BCUT2D eigenvalue weighted by Gasteiger charge is 2.44. The number of nitriles is 1. The summed E-state index contributed by atoms with van der Waals surface area (Å²) in [6.07, 6.45) is 3.08. The van der Waals surface area contributed by atoms with E-state index in [0.717, 1.165) is 13.2 Å². The van der Waals surface area contributed by atoms with Gasteiger partial charge in [0.25, 0.3) is 0 Å². The molecule has 2 aliphatic rings. The topological polar surface area (TPSA) is 36.3 Å². The minimum Gasteiger partial charge on any atom is -0.381 e. The van der Waals surface area contributed by atoms with Gasteiger partial charge in [0.15, 0.2) is 0 Å². The van der Waals surface area contributed by atoms with E-state index in [0.29, 0.717) is 17.9 Å². The first-order valence-corrected chi connectivity index (χ1v) is 5.44. The molecule has 0 radical (unpaired) electrons. The molecule has 0 bridgehead atoms. The lowest BCUT2D eigenvalue weighted by Crippen LogP contribution is -2.60. The zero-order chi connectivity index (χ0) is 10.0. The molecule has 2 aliphatic heterocycles. The average molecular weight is 194 g/mol. The van der Waals surface area contributed by atoms with E-state index in [1.165, 1.54) is 25.9 Å². The number of hydrogen-bond donors (Lipinski definition) is 0. The molecule has 2 saturated heterocycles. The van der Waals surface area contributed by atoms with E-state index in [4.69, 9.17) is 10.00 Å². The number of likely N-dealkylation sites (tertiary alicyclic amines) is 1. The van der Waals surface area contributed by atoms with Crippen LogP contribution in [0.2, 0.25) is 0 Å². The first-order chi connectivity index (χ1) is 6.76. The second-order valence-electron chi connectivity index (χ2n) is 4.73. The second kappa shape index (κ2) is 3.88. The molecule has 14 heavy (non-hydrogen) atoms. The van der Waals surface area contributed by atoms with Crippen molar-refractivity contribution in [3.63, 3.8) is 0 Å². The van der Waals surface area contributed by atoms with Gasteiger partial charge in [-0.2, -0.15) is 5.26 Å². The second-order valence-corrected chi connectivity index (χ2v) is 4.73. The average Bonchev–Trinajstić information content (AvgIpc) is 2.16. The fourth-order valence-electron chi connectivity index (χ4n) is 2.51. The molecular formula is C11H18N2O. The normalized spacial score (nSPS) is 28.0. The molecule has 3 nitrogen and oxygen atoms in total. The van der Waals surface area contributed by atoms with Crippen LogP contribution in [-0.2, 0) is 4.74 Å². The number of hydrogen-bond acceptors (Lipinski definition) is 3. The molecule has 0 aromatic carbocycles. The Labute approximate surface area is 85.6 Å². The largest absolute Gasteiger partial charge is 0.381 e. The Morgan fingerprint density at radius 1 is 1.43 bits per heavy atom. The summed E-state index contributed by atoms with van der Waals surface area (Å²) in [5.74, 6) is 0. The molecule has 1 spiro atoms. The molecule has 0 amide bonds. The fourth-order valence-corrected chi connectivity index (χ4v) is 2.51. The Kier molecular flexibility index (Phi) is 2.76. The zero-order valence-corrected chi connectivity index (χ0v) is 8.83. The van der Waals surface area contributed by atoms with Crippen LogP contribution in [0.25, 0.3) is 0 Å². The Bertz CT molecular complexity index is 232. The van der Waals surface area contributed by atoms with Gasteiger partial charge in [0.05, 0.1) is 12.5 Å². The van der Waals surface area contributed by atoms with Crippen LogP contribution in [0.4, 0.5) is 0 Å². The van der Waals surface area contributed by atoms with Crippen LogP contribution in [0.15, 0.2) is 0 Å². The van der Waals surface area contributed by atoms with Gasteiger partial charge in [0.2, 0.25) is 0 Å². The molecule has 0 aromatic heterocycles. The van der Waals surface area contributed by atoms with Gasteiger partial charge < -0.3 is 4.74 Å². The van der Waals surface area contributed by atoms with E-state index in [1.54, 1.807) is 0 Å². The Balaban J connectivity index is 1.80. The summed E-state index contributed by atoms with van der Waals surface area (Å²) in [5, 5.41) is 8.61. The summed E-state index contributed by atoms with van der Waals surface area (Å²) in [6.45, 7) is 6.37. The Morgan fingerprint density at radius 3 is 2.64 bits per heavy atom. The van der Waals surface area contributed by atoms with Gasteiger partial charge >= 0.3 is 0 Å². The summed E-state index contributed by atoms with van der Waals surface area (Å²) in [6, 6.07) is 2.68. The molecule has 2 fully saturated rings. The first kappa shape index (κ1) is 9.95. The van der Waals surface area contributed by atoms with Crippen molar-refractivity contribution in [2.24, 2.45) is 5.41 Å². The third-order valence-electron chi connectivity index (χ3n) is 3.64. The van der Waals surface area contributed by atoms with E-state index in [1.807, 2.05) is 0 Å². The van der Waals surface area contributed by atoms with Crippen molar-refractivity contribution in [3.05, 3.63) is 0 Å². The highest BCUT2D eigenvalue weighted by atomic mass is 16.5. The maximum atomic E-state index is 8.61. The van der Waals surface area contributed by atoms with Gasteiger partial charge in [-0.15, -0.1) is 0 Å². The molecule has 0 aliphatic carbocycles. The first-order valence-electron chi connectivity index (χ1n) is 5.44. The molecule has 2 heterocycles. The molecule has 0 saturated carbocycles. The fraction of sp³-hybridized carbons (Fsp3) is 0.909. The van der Waals surface area contributed by atoms with Crippen LogP contribution >= 0.6 is 0 Å². The maximum absolute atomic E-state index is 8.61. The smallest absolute Gasteiger partial charge is 0.0638 e. The Morgan fingerprint density at radius 2 is 2.07 bits per heavy atom. The van der Waals surface area contributed by atoms with E-state index in [-0.39, 0.29) is 0 Å². The van der Waals surface area contributed by atoms with Crippen LogP contribution in [0.5, 0.6) is 0 Å². The number of rotatable bonds is 2. The van der Waals surface area contributed by atoms with Crippen LogP contribution in [0.1, 0.15) is 26.2 Å². The Hall–Kier alpha value is -0.590. The highest BCUT2D eigenvalue weighted by molar-refractivity contribution is 4.99. The minimum atomic E-state index is 0.438. The summed E-state index contributed by atoms with van der Waals surface area (Å²) < 4.78 is 5.37. The molecule has 1 unspecified atom stereocenters. The molecule has 78 valence electrons. The van der Waals surface area contributed by atoms with Gasteiger partial charge in [0, 0.05) is 37.8 Å². The lowest BCUT2D eigenvalue weighted by Gasteiger charge is -2.54. The van der Waals surface area contributed by atoms with Gasteiger partial charge in [0.1, 0.15) is 0 Å². The zero-order valence-electron chi connectivity index (χ0n) is 8.83. The predicted octanol–water partition coefficient (Wildman–Crippen LogP) is 1.40. The van der Waals surface area contributed by atoms with Crippen LogP contribution < -0.4 is 0 Å². The predicted molar refractivity (Wildman–Crippen MR) is 53.8 cm³/mol. The van der Waals surface area contributed by atoms with Gasteiger partial charge in [-0.1, -0.05) is 0 Å². The maximum Gasteiger partial charge on any atom is 0.0638 e. The van der Waals surface area contributed by atoms with Crippen molar-refractivity contribution >= 4 is 0 Å². The highest BCUT2D eigenvalue weighted by Crippen LogP contribution is 2.40. The lowest BCUT2D eigenvalue weighted by molar-refractivity contribution is -0.0938. The molecule has 1 atom stereocenters. The van der Waals surface area contributed by atoms with Gasteiger partial charge in [-0.25, -0.2) is 0 Å². The van der Waals surface area contributed by atoms with Gasteiger partial charge in [-0.3, -0.25) is 4.90 Å². The quantitative estimate of drug-likeness (QED) is 0.666. The summed E-state index contributed by atoms with van der Waals surface area (Å²) in [7, 11) is 0. The van der Waals surface area contributed by atoms with E-state index < -0.39 is 0 Å². The van der Waals surface area contributed by atoms with Crippen molar-refractivity contribution in [2.45, 2.75) is 32.2 Å². The van der Waals surface area contributed by atoms with Crippen molar-refractivity contribution in [2.75, 3.05) is 26.3 Å². The van der Waals surface area contributed by atoms with Crippen molar-refractivity contribution in [1.29, 1.82) is 5.26 Å². The summed E-state index contributed by atoms with van der Waals surface area (Å²) >= 11 is 0. The van der Waals surface area contributed by atoms with Crippen molar-refractivity contribution < 1.29 is 4.74 Å². The number of ether oxygens (including phenoxy) is 1. The molecular weight excluding hydrogens is 176 g/mol. The third-order valence-corrected chi connectivity index (χ3v) is 3.64. The molecule has 0 aromatic rings. The summed E-state index contributed by atoms with van der Waals surface area (Å²) in [4.78, 5) is 2.43. The van der Waals surface area contributed by atoms with Crippen LogP contribution in [-0.4, -0.2) is 37.2 Å². The SMILES string of the molecule is CC(CC#N)N1CC2(CCOCC2)C1.